The molecular formula is C27H30FN7O3. The molecule has 1 aromatic carbocycles. The average Bonchev–Trinajstić information content (AvgIpc) is 3.62. The number of methoxy groups -OCH3 is 1. The molecule has 0 spiro atoms. The van der Waals surface area contributed by atoms with E-state index >= 15 is 0 Å². The van der Waals surface area contributed by atoms with Gasteiger partial charge < -0.3 is 25.3 Å². The van der Waals surface area contributed by atoms with Crippen LogP contribution in [0.2, 0.25) is 0 Å². The molecule has 198 valence electrons. The first-order valence-electron chi connectivity index (χ1n) is 12.5. The van der Waals surface area contributed by atoms with Crippen LogP contribution in [0.1, 0.15) is 34.1 Å². The van der Waals surface area contributed by atoms with E-state index in [0.29, 0.717) is 29.4 Å². The molecule has 0 radical (unpaired) electrons. The molecule has 10 nitrogen and oxygen atoms in total. The third-order valence-electron chi connectivity index (χ3n) is 6.71. The number of amides is 2. The molecule has 1 saturated heterocycles. The Balaban J connectivity index is 1.27. The molecule has 3 aromatic heterocycles. The standard InChI is InChI=1S/C27H30FN7O3/c1-16-6-8-35(14-16)9-7-29-25(36)17-4-5-21(28)23(11-17)32-26(37)19-10-18-12-22(31-24(18)30-13-19)20-15-34(2)33-27(20)38-3/h4-5,10-13,15-16H,6-9,14H2,1-3H3,(H,29,36)(H,30,31)(H,32,37)/t16-/m0/s1. The van der Waals surface area contributed by atoms with Crippen molar-refractivity contribution in [3.63, 3.8) is 0 Å². The van der Waals surface area contributed by atoms with Crippen molar-refractivity contribution in [2.75, 3.05) is 38.6 Å². The molecule has 0 saturated carbocycles. The van der Waals surface area contributed by atoms with Crippen LogP contribution < -0.4 is 15.4 Å². The Labute approximate surface area is 219 Å². The molecule has 0 bridgehead atoms. The fourth-order valence-corrected chi connectivity index (χ4v) is 4.70. The van der Waals surface area contributed by atoms with Crippen molar-refractivity contribution in [2.45, 2.75) is 13.3 Å². The van der Waals surface area contributed by atoms with Gasteiger partial charge in [0.15, 0.2) is 0 Å². The average molecular weight is 520 g/mol. The van der Waals surface area contributed by atoms with Crippen LogP contribution in [0.15, 0.2) is 42.7 Å². The fourth-order valence-electron chi connectivity index (χ4n) is 4.70. The molecule has 2 amide bonds. The molecule has 11 heteroatoms. The predicted octanol–water partition coefficient (Wildman–Crippen LogP) is 3.44. The van der Waals surface area contributed by atoms with Crippen LogP contribution in [0.5, 0.6) is 5.88 Å². The summed E-state index contributed by atoms with van der Waals surface area (Å²) in [5.41, 5.74) is 2.51. The number of carbonyl (C=O) groups is 2. The summed E-state index contributed by atoms with van der Waals surface area (Å²) >= 11 is 0. The highest BCUT2D eigenvalue weighted by molar-refractivity contribution is 6.06. The van der Waals surface area contributed by atoms with E-state index in [2.05, 4.69) is 37.5 Å². The Morgan fingerprint density at radius 2 is 2.05 bits per heavy atom. The molecule has 1 atom stereocenters. The Morgan fingerprint density at radius 3 is 2.82 bits per heavy atom. The number of pyridine rings is 1. The number of likely N-dealkylation sites (tertiary alicyclic amines) is 1. The van der Waals surface area contributed by atoms with Crippen molar-refractivity contribution in [3.8, 4) is 17.1 Å². The van der Waals surface area contributed by atoms with Crippen LogP contribution >= 0.6 is 0 Å². The van der Waals surface area contributed by atoms with E-state index < -0.39 is 11.7 Å². The summed E-state index contributed by atoms with van der Waals surface area (Å²) in [5, 5.41) is 10.4. The number of ether oxygens (including phenoxy) is 1. The van der Waals surface area contributed by atoms with E-state index in [9.17, 15) is 14.0 Å². The van der Waals surface area contributed by atoms with Crippen LogP contribution in [0, 0.1) is 11.7 Å². The third kappa shape index (κ3) is 5.37. The number of rotatable bonds is 8. The maximum absolute atomic E-state index is 14.5. The van der Waals surface area contributed by atoms with E-state index in [1.54, 1.807) is 24.9 Å². The van der Waals surface area contributed by atoms with Crippen molar-refractivity contribution in [1.82, 2.24) is 30.0 Å². The number of anilines is 1. The number of aromatic nitrogens is 4. The van der Waals surface area contributed by atoms with E-state index in [4.69, 9.17) is 4.74 Å². The minimum absolute atomic E-state index is 0.0778. The Hall–Kier alpha value is -4.25. The van der Waals surface area contributed by atoms with E-state index in [1.165, 1.54) is 30.8 Å². The molecule has 1 aliphatic heterocycles. The SMILES string of the molecule is COc1nn(C)cc1-c1cc2cc(C(=O)Nc3cc(C(=O)NCCN4CC[C@H](C)C4)ccc3F)cnc2[nH]1. The molecule has 0 aliphatic carbocycles. The number of H-pyrrole nitrogens is 1. The lowest BCUT2D eigenvalue weighted by Gasteiger charge is -2.15. The number of benzene rings is 1. The van der Waals surface area contributed by atoms with Crippen LogP contribution in [-0.2, 0) is 7.05 Å². The normalized spacial score (nSPS) is 15.6. The van der Waals surface area contributed by atoms with E-state index in [0.717, 1.165) is 30.9 Å². The van der Waals surface area contributed by atoms with Gasteiger partial charge in [-0.2, -0.15) is 0 Å². The van der Waals surface area contributed by atoms with Crippen LogP contribution in [0.3, 0.4) is 0 Å². The van der Waals surface area contributed by atoms with Gasteiger partial charge in [-0.3, -0.25) is 14.3 Å². The van der Waals surface area contributed by atoms with Crippen molar-refractivity contribution >= 4 is 28.5 Å². The van der Waals surface area contributed by atoms with Gasteiger partial charge >= 0.3 is 0 Å². The minimum atomic E-state index is -0.636. The maximum atomic E-state index is 14.5. The van der Waals surface area contributed by atoms with Gasteiger partial charge in [-0.15, -0.1) is 5.10 Å². The van der Waals surface area contributed by atoms with Crippen molar-refractivity contribution in [3.05, 3.63) is 59.7 Å². The minimum Gasteiger partial charge on any atom is -0.479 e. The second-order valence-electron chi connectivity index (χ2n) is 9.67. The smallest absolute Gasteiger partial charge is 0.257 e. The Bertz CT molecular complexity index is 1500. The lowest BCUT2D eigenvalue weighted by atomic mass is 10.1. The molecule has 3 N–H and O–H groups in total. The molecule has 0 unspecified atom stereocenters. The number of hydrogen-bond acceptors (Lipinski definition) is 6. The summed E-state index contributed by atoms with van der Waals surface area (Å²) in [6.45, 7) is 5.55. The summed E-state index contributed by atoms with van der Waals surface area (Å²) in [7, 11) is 3.34. The largest absolute Gasteiger partial charge is 0.479 e. The van der Waals surface area contributed by atoms with Gasteiger partial charge in [0.25, 0.3) is 11.8 Å². The van der Waals surface area contributed by atoms with Gasteiger partial charge in [0.2, 0.25) is 5.88 Å². The summed E-state index contributed by atoms with van der Waals surface area (Å²) in [6, 6.07) is 7.42. The van der Waals surface area contributed by atoms with Crippen LogP contribution in [-0.4, -0.2) is 69.8 Å². The number of hydrogen-bond donors (Lipinski definition) is 3. The van der Waals surface area contributed by atoms with Gasteiger partial charge in [-0.25, -0.2) is 9.37 Å². The van der Waals surface area contributed by atoms with Gasteiger partial charge in [-0.05, 0) is 49.2 Å². The van der Waals surface area contributed by atoms with Gasteiger partial charge in [0.1, 0.15) is 11.5 Å². The zero-order chi connectivity index (χ0) is 26.8. The molecular weight excluding hydrogens is 489 g/mol. The van der Waals surface area contributed by atoms with Crippen molar-refractivity contribution < 1.29 is 18.7 Å². The second-order valence-corrected chi connectivity index (χ2v) is 9.67. The third-order valence-corrected chi connectivity index (χ3v) is 6.71. The predicted molar refractivity (Wildman–Crippen MR) is 142 cm³/mol. The zero-order valence-electron chi connectivity index (χ0n) is 21.5. The molecule has 4 heterocycles. The number of aryl methyl sites for hydroxylation is 1. The fraction of sp³-hybridized carbons (Fsp3) is 0.333. The first-order chi connectivity index (χ1) is 18.3. The maximum Gasteiger partial charge on any atom is 0.257 e. The highest BCUT2D eigenvalue weighted by Gasteiger charge is 2.19. The summed E-state index contributed by atoms with van der Waals surface area (Å²) < 4.78 is 21.5. The number of nitrogens with zero attached hydrogens (tertiary/aromatic N) is 4. The summed E-state index contributed by atoms with van der Waals surface area (Å²) in [6.07, 6.45) is 4.39. The monoisotopic (exact) mass is 519 g/mol. The van der Waals surface area contributed by atoms with Crippen LogP contribution in [0.25, 0.3) is 22.3 Å². The number of fused-ring (bicyclic) bond motifs is 1. The highest BCUT2D eigenvalue weighted by atomic mass is 19.1. The quantitative estimate of drug-likeness (QED) is 0.328. The van der Waals surface area contributed by atoms with Gasteiger partial charge in [0, 0.05) is 50.0 Å². The van der Waals surface area contributed by atoms with E-state index in [-0.39, 0.29) is 22.7 Å². The van der Waals surface area contributed by atoms with Crippen molar-refractivity contribution in [1.29, 1.82) is 0 Å². The first-order valence-corrected chi connectivity index (χ1v) is 12.5. The molecule has 1 aliphatic rings. The second kappa shape index (κ2) is 10.6. The lowest BCUT2D eigenvalue weighted by Crippen LogP contribution is -2.33. The van der Waals surface area contributed by atoms with Crippen LogP contribution in [0.4, 0.5) is 10.1 Å². The summed E-state index contributed by atoms with van der Waals surface area (Å²) in [5.74, 6) is -0.360. The lowest BCUT2D eigenvalue weighted by molar-refractivity contribution is 0.0948. The molecule has 1 fully saturated rings. The zero-order valence-corrected chi connectivity index (χ0v) is 21.5. The molecule has 38 heavy (non-hydrogen) atoms. The molecule has 4 aromatic rings. The van der Waals surface area contributed by atoms with Gasteiger partial charge in [-0.1, -0.05) is 6.92 Å². The topological polar surface area (TPSA) is 117 Å². The Morgan fingerprint density at radius 1 is 1.21 bits per heavy atom. The highest BCUT2D eigenvalue weighted by Crippen LogP contribution is 2.30. The Kier molecular flexibility index (Phi) is 7.10. The number of aromatic amines is 1. The number of halogens is 1. The molecule has 5 rings (SSSR count). The van der Waals surface area contributed by atoms with Gasteiger partial charge in [0.05, 0.1) is 29.6 Å². The first kappa shape index (κ1) is 25.4. The summed E-state index contributed by atoms with van der Waals surface area (Å²) in [4.78, 5) is 35.4. The van der Waals surface area contributed by atoms with Crippen molar-refractivity contribution in [2.24, 2.45) is 13.0 Å². The van der Waals surface area contributed by atoms with E-state index in [1.807, 2.05) is 12.3 Å². The number of nitrogens with one attached hydrogen (secondary N) is 3. The number of carbonyl (C=O) groups excluding carboxylic acids is 2.